The zero-order valence-electron chi connectivity index (χ0n) is 14.8. The number of nitrogens with one attached hydrogen (secondary N) is 1. The first-order valence-corrected chi connectivity index (χ1v) is 8.97. The predicted octanol–water partition coefficient (Wildman–Crippen LogP) is 2.49. The average molecular weight is 331 g/mol. The van der Waals surface area contributed by atoms with Crippen molar-refractivity contribution in [2.75, 3.05) is 47.0 Å². The smallest absolute Gasteiger partial charge is 0.193 e. The van der Waals surface area contributed by atoms with Crippen LogP contribution in [0.4, 0.5) is 0 Å². The first kappa shape index (κ1) is 17.1. The predicted molar refractivity (Wildman–Crippen MR) is 96.8 cm³/mol. The Balaban J connectivity index is 1.43. The van der Waals surface area contributed by atoms with E-state index in [9.17, 15) is 0 Å². The molecule has 1 aromatic rings. The summed E-state index contributed by atoms with van der Waals surface area (Å²) < 4.78 is 10.9. The lowest BCUT2D eigenvalue weighted by molar-refractivity contribution is 0.128. The van der Waals surface area contributed by atoms with E-state index in [0.29, 0.717) is 5.92 Å². The first-order chi connectivity index (χ1) is 11.8. The van der Waals surface area contributed by atoms with Gasteiger partial charge >= 0.3 is 0 Å². The molecule has 1 saturated carbocycles. The van der Waals surface area contributed by atoms with Gasteiger partial charge in [0.25, 0.3) is 0 Å². The van der Waals surface area contributed by atoms with Gasteiger partial charge in [0, 0.05) is 39.2 Å². The second-order valence-electron chi connectivity index (χ2n) is 6.70. The summed E-state index contributed by atoms with van der Waals surface area (Å²) in [6.45, 7) is 4.55. The molecule has 2 fully saturated rings. The number of hydrogen-bond acceptors (Lipinski definition) is 3. The van der Waals surface area contributed by atoms with Gasteiger partial charge in [-0.1, -0.05) is 12.1 Å². The van der Waals surface area contributed by atoms with Crippen LogP contribution in [0.15, 0.2) is 29.3 Å². The van der Waals surface area contributed by atoms with Gasteiger partial charge in [0.05, 0.1) is 13.7 Å². The lowest BCUT2D eigenvalue weighted by Gasteiger charge is -2.22. The van der Waals surface area contributed by atoms with Crippen LogP contribution >= 0.6 is 0 Å². The number of benzene rings is 1. The fourth-order valence-corrected chi connectivity index (χ4v) is 3.20. The number of likely N-dealkylation sites (tertiary alicyclic amines) is 1. The van der Waals surface area contributed by atoms with Crippen molar-refractivity contribution in [2.45, 2.75) is 25.2 Å². The van der Waals surface area contributed by atoms with Crippen LogP contribution in [0, 0.1) is 5.92 Å². The molecule has 5 nitrogen and oxygen atoms in total. The molecular weight excluding hydrogens is 302 g/mol. The Labute approximate surface area is 145 Å². The minimum Gasteiger partial charge on any atom is -0.497 e. The molecule has 0 spiro atoms. The maximum absolute atomic E-state index is 5.68. The van der Waals surface area contributed by atoms with Crippen molar-refractivity contribution in [1.82, 2.24) is 10.2 Å². The summed E-state index contributed by atoms with van der Waals surface area (Å²) >= 11 is 0. The maximum Gasteiger partial charge on any atom is 0.193 e. The Kier molecular flexibility index (Phi) is 5.96. The van der Waals surface area contributed by atoms with Crippen molar-refractivity contribution in [3.05, 3.63) is 29.8 Å². The summed E-state index contributed by atoms with van der Waals surface area (Å²) in [5.74, 6) is 3.28. The number of aliphatic imine (C=N–C) groups is 1. The van der Waals surface area contributed by atoms with E-state index in [1.165, 1.54) is 18.4 Å². The van der Waals surface area contributed by atoms with Crippen LogP contribution in [0.3, 0.4) is 0 Å². The van der Waals surface area contributed by atoms with Gasteiger partial charge in [0.1, 0.15) is 5.75 Å². The van der Waals surface area contributed by atoms with Crippen LogP contribution in [-0.2, 0) is 4.74 Å². The molecule has 0 aromatic heterocycles. The van der Waals surface area contributed by atoms with Crippen molar-refractivity contribution >= 4 is 5.96 Å². The van der Waals surface area contributed by atoms with Gasteiger partial charge in [-0.2, -0.15) is 0 Å². The van der Waals surface area contributed by atoms with E-state index in [-0.39, 0.29) is 0 Å². The summed E-state index contributed by atoms with van der Waals surface area (Å²) in [4.78, 5) is 6.77. The molecule has 132 valence electrons. The van der Waals surface area contributed by atoms with Crippen molar-refractivity contribution < 1.29 is 9.47 Å². The quantitative estimate of drug-likeness (QED) is 0.474. The SMILES string of the molecule is CN=C(NCCOCC1CC1)N1CCC(c2ccc(OC)cc2)C1. The molecule has 2 aliphatic rings. The van der Waals surface area contributed by atoms with E-state index in [2.05, 4.69) is 27.3 Å². The van der Waals surface area contributed by atoms with Gasteiger partial charge in [0.2, 0.25) is 0 Å². The molecule has 1 aliphatic carbocycles. The molecule has 1 saturated heterocycles. The molecule has 0 bridgehead atoms. The highest BCUT2D eigenvalue weighted by Gasteiger charge is 2.26. The molecule has 1 heterocycles. The van der Waals surface area contributed by atoms with E-state index < -0.39 is 0 Å². The standard InChI is InChI=1S/C19H29N3O2/c1-20-19(21-10-12-24-14-15-3-4-15)22-11-9-17(13-22)16-5-7-18(23-2)8-6-16/h5-8,15,17H,3-4,9-14H2,1-2H3,(H,20,21). The average Bonchev–Trinajstić information content (AvgIpc) is 3.32. The van der Waals surface area contributed by atoms with Crippen molar-refractivity contribution in [2.24, 2.45) is 10.9 Å². The van der Waals surface area contributed by atoms with Gasteiger partial charge < -0.3 is 19.7 Å². The Bertz CT molecular complexity index is 540. The highest BCUT2D eigenvalue weighted by molar-refractivity contribution is 5.80. The van der Waals surface area contributed by atoms with Gasteiger partial charge in [-0.25, -0.2) is 0 Å². The number of rotatable bonds is 7. The Morgan fingerprint density at radius 2 is 2.04 bits per heavy atom. The second kappa shape index (κ2) is 8.38. The zero-order chi connectivity index (χ0) is 16.8. The van der Waals surface area contributed by atoms with Crippen LogP contribution in [0.1, 0.15) is 30.7 Å². The minimum atomic E-state index is 0.556. The number of guanidine groups is 1. The molecule has 0 radical (unpaired) electrons. The number of nitrogens with zero attached hydrogens (tertiary/aromatic N) is 2. The van der Waals surface area contributed by atoms with Gasteiger partial charge in [-0.05, 0) is 42.9 Å². The fourth-order valence-electron chi connectivity index (χ4n) is 3.20. The summed E-state index contributed by atoms with van der Waals surface area (Å²) in [5, 5.41) is 3.43. The van der Waals surface area contributed by atoms with Gasteiger partial charge in [-0.3, -0.25) is 4.99 Å². The van der Waals surface area contributed by atoms with E-state index in [1.54, 1.807) is 7.11 Å². The third-order valence-corrected chi connectivity index (χ3v) is 4.87. The fraction of sp³-hybridized carbons (Fsp3) is 0.632. The lowest BCUT2D eigenvalue weighted by Crippen LogP contribution is -2.41. The first-order valence-electron chi connectivity index (χ1n) is 8.97. The van der Waals surface area contributed by atoms with Gasteiger partial charge in [0.15, 0.2) is 5.96 Å². The molecule has 1 aliphatic heterocycles. The molecule has 24 heavy (non-hydrogen) atoms. The third kappa shape index (κ3) is 4.63. The Morgan fingerprint density at radius 1 is 1.25 bits per heavy atom. The topological polar surface area (TPSA) is 46.1 Å². The molecule has 1 N–H and O–H groups in total. The third-order valence-electron chi connectivity index (χ3n) is 4.87. The zero-order valence-corrected chi connectivity index (χ0v) is 14.8. The molecule has 0 amide bonds. The molecule has 3 rings (SSSR count). The number of ether oxygens (including phenoxy) is 2. The summed E-state index contributed by atoms with van der Waals surface area (Å²) in [5.41, 5.74) is 1.38. The Morgan fingerprint density at radius 3 is 2.71 bits per heavy atom. The van der Waals surface area contributed by atoms with E-state index in [0.717, 1.165) is 56.9 Å². The van der Waals surface area contributed by atoms with Crippen LogP contribution in [0.25, 0.3) is 0 Å². The van der Waals surface area contributed by atoms with Crippen molar-refractivity contribution in [3.63, 3.8) is 0 Å². The normalized spacial score (nSPS) is 21.2. The maximum atomic E-state index is 5.68. The van der Waals surface area contributed by atoms with Crippen LogP contribution in [-0.4, -0.2) is 57.9 Å². The molecule has 1 aromatic carbocycles. The van der Waals surface area contributed by atoms with Crippen molar-refractivity contribution in [3.8, 4) is 5.75 Å². The Hall–Kier alpha value is -1.75. The largest absolute Gasteiger partial charge is 0.497 e. The van der Waals surface area contributed by atoms with Crippen LogP contribution < -0.4 is 10.1 Å². The molecule has 5 heteroatoms. The molecule has 1 atom stereocenters. The van der Waals surface area contributed by atoms with Crippen LogP contribution in [0.5, 0.6) is 5.75 Å². The van der Waals surface area contributed by atoms with E-state index in [4.69, 9.17) is 9.47 Å². The molecular formula is C19H29N3O2. The summed E-state index contributed by atoms with van der Waals surface area (Å²) in [6, 6.07) is 8.44. The van der Waals surface area contributed by atoms with Gasteiger partial charge in [-0.15, -0.1) is 0 Å². The van der Waals surface area contributed by atoms with E-state index >= 15 is 0 Å². The van der Waals surface area contributed by atoms with E-state index in [1.807, 2.05) is 19.2 Å². The summed E-state index contributed by atoms with van der Waals surface area (Å²) in [7, 11) is 3.56. The summed E-state index contributed by atoms with van der Waals surface area (Å²) in [6.07, 6.45) is 3.84. The minimum absolute atomic E-state index is 0.556. The van der Waals surface area contributed by atoms with Crippen LogP contribution in [0.2, 0.25) is 0 Å². The monoisotopic (exact) mass is 331 g/mol. The highest BCUT2D eigenvalue weighted by Crippen LogP contribution is 2.29. The lowest BCUT2D eigenvalue weighted by atomic mass is 9.98. The second-order valence-corrected chi connectivity index (χ2v) is 6.70. The number of methoxy groups -OCH3 is 1. The highest BCUT2D eigenvalue weighted by atomic mass is 16.5. The number of hydrogen-bond donors (Lipinski definition) is 1. The van der Waals surface area contributed by atoms with Crippen molar-refractivity contribution in [1.29, 1.82) is 0 Å². The molecule has 1 unspecified atom stereocenters.